The largest absolute Gasteiger partial charge is 0.325 e. The van der Waals surface area contributed by atoms with Crippen LogP contribution in [0.15, 0.2) is 79.3 Å². The molecule has 0 fully saturated rings. The fourth-order valence-corrected chi connectivity index (χ4v) is 4.45. The zero-order chi connectivity index (χ0) is 22.4. The third-order valence-corrected chi connectivity index (χ3v) is 6.07. The average molecular weight is 454 g/mol. The van der Waals surface area contributed by atoms with Crippen LogP contribution in [0.5, 0.6) is 0 Å². The molecule has 0 saturated heterocycles. The van der Waals surface area contributed by atoms with Crippen LogP contribution in [0.4, 0.5) is 15.9 Å². The van der Waals surface area contributed by atoms with Crippen molar-refractivity contribution in [3.05, 3.63) is 95.7 Å². The van der Waals surface area contributed by atoms with E-state index in [1.54, 1.807) is 30.7 Å². The molecule has 160 valence electrons. The standard InChI is InChI=1S/C26H17ClFN5/c27-19-4-8-24-18(13-19)9-12-33(24)26-21-14-17(16-1-5-20(28)6-2-16)3-7-22(21)31-25(32-26)23-15-29-10-11-30-23/h1-8,10-11,13-15H,9,12H2. The summed E-state index contributed by atoms with van der Waals surface area (Å²) in [6.45, 7) is 0.780. The third kappa shape index (κ3) is 3.58. The van der Waals surface area contributed by atoms with E-state index < -0.39 is 0 Å². The van der Waals surface area contributed by atoms with E-state index in [-0.39, 0.29) is 5.82 Å². The fourth-order valence-electron chi connectivity index (χ4n) is 4.26. The Bertz CT molecular complexity index is 1490. The second-order valence-electron chi connectivity index (χ2n) is 7.87. The van der Waals surface area contributed by atoms with Gasteiger partial charge in [0.25, 0.3) is 0 Å². The molecule has 0 bridgehead atoms. The third-order valence-electron chi connectivity index (χ3n) is 5.84. The van der Waals surface area contributed by atoms with E-state index in [2.05, 4.69) is 20.9 Å². The number of hydrogen-bond acceptors (Lipinski definition) is 5. The van der Waals surface area contributed by atoms with Crippen LogP contribution in [-0.2, 0) is 6.42 Å². The molecule has 0 spiro atoms. The zero-order valence-corrected chi connectivity index (χ0v) is 18.2. The van der Waals surface area contributed by atoms with E-state index in [4.69, 9.17) is 21.6 Å². The summed E-state index contributed by atoms with van der Waals surface area (Å²) in [5, 5.41) is 1.63. The summed E-state index contributed by atoms with van der Waals surface area (Å²) in [5.74, 6) is 1.05. The molecule has 2 aromatic heterocycles. The first-order valence-corrected chi connectivity index (χ1v) is 10.9. The van der Waals surface area contributed by atoms with E-state index in [9.17, 15) is 4.39 Å². The van der Waals surface area contributed by atoms with Gasteiger partial charge in [0, 0.05) is 35.0 Å². The molecule has 5 aromatic rings. The van der Waals surface area contributed by atoms with Crippen LogP contribution in [0, 0.1) is 5.82 Å². The van der Waals surface area contributed by atoms with Gasteiger partial charge < -0.3 is 4.90 Å². The van der Waals surface area contributed by atoms with Crippen LogP contribution in [0.3, 0.4) is 0 Å². The maximum atomic E-state index is 13.5. The Morgan fingerprint density at radius 2 is 1.73 bits per heavy atom. The van der Waals surface area contributed by atoms with Gasteiger partial charge in [0.2, 0.25) is 0 Å². The van der Waals surface area contributed by atoms with Gasteiger partial charge in [-0.2, -0.15) is 0 Å². The number of hydrogen-bond donors (Lipinski definition) is 0. The zero-order valence-electron chi connectivity index (χ0n) is 17.4. The van der Waals surface area contributed by atoms with Crippen molar-refractivity contribution < 1.29 is 4.39 Å². The number of benzene rings is 3. The number of anilines is 2. The summed E-state index contributed by atoms with van der Waals surface area (Å²) < 4.78 is 13.5. The predicted octanol–water partition coefficient (Wildman–Crippen LogP) is 6.24. The van der Waals surface area contributed by atoms with Crippen LogP contribution in [0.2, 0.25) is 5.02 Å². The van der Waals surface area contributed by atoms with Crippen LogP contribution >= 0.6 is 11.6 Å². The van der Waals surface area contributed by atoms with E-state index in [0.29, 0.717) is 11.5 Å². The minimum Gasteiger partial charge on any atom is -0.325 e. The molecule has 1 aliphatic rings. The molecule has 0 atom stereocenters. The van der Waals surface area contributed by atoms with Gasteiger partial charge in [0.15, 0.2) is 5.82 Å². The molecule has 1 aliphatic heterocycles. The molecule has 7 heteroatoms. The first-order chi connectivity index (χ1) is 16.2. The van der Waals surface area contributed by atoms with Gasteiger partial charge in [-0.25, -0.2) is 19.3 Å². The molecule has 0 N–H and O–H groups in total. The Balaban J connectivity index is 1.57. The highest BCUT2D eigenvalue weighted by atomic mass is 35.5. The maximum absolute atomic E-state index is 13.5. The smallest absolute Gasteiger partial charge is 0.182 e. The van der Waals surface area contributed by atoms with Crippen LogP contribution in [-0.4, -0.2) is 26.5 Å². The Morgan fingerprint density at radius 3 is 2.55 bits per heavy atom. The first-order valence-electron chi connectivity index (χ1n) is 10.6. The molecule has 3 heterocycles. The number of halogens is 2. The monoisotopic (exact) mass is 453 g/mol. The lowest BCUT2D eigenvalue weighted by molar-refractivity contribution is 0.628. The Hall–Kier alpha value is -3.90. The normalized spacial score (nSPS) is 12.8. The molecule has 0 radical (unpaired) electrons. The van der Waals surface area contributed by atoms with Gasteiger partial charge >= 0.3 is 0 Å². The molecular weight excluding hydrogens is 437 g/mol. The van der Waals surface area contributed by atoms with Crippen molar-refractivity contribution in [2.45, 2.75) is 6.42 Å². The van der Waals surface area contributed by atoms with Crippen molar-refractivity contribution in [2.24, 2.45) is 0 Å². The highest BCUT2D eigenvalue weighted by molar-refractivity contribution is 6.30. The van der Waals surface area contributed by atoms with E-state index in [0.717, 1.165) is 51.5 Å². The second kappa shape index (κ2) is 7.90. The Kier molecular flexibility index (Phi) is 4.73. The molecule has 33 heavy (non-hydrogen) atoms. The molecule has 0 saturated carbocycles. The van der Waals surface area contributed by atoms with Crippen molar-refractivity contribution in [1.29, 1.82) is 0 Å². The van der Waals surface area contributed by atoms with Crippen molar-refractivity contribution >= 4 is 34.0 Å². The first kappa shape index (κ1) is 19.8. The van der Waals surface area contributed by atoms with Gasteiger partial charge in [-0.15, -0.1) is 0 Å². The average Bonchev–Trinajstić information content (AvgIpc) is 3.27. The lowest BCUT2D eigenvalue weighted by Gasteiger charge is -2.21. The molecule has 0 amide bonds. The summed E-state index contributed by atoms with van der Waals surface area (Å²) in [7, 11) is 0. The summed E-state index contributed by atoms with van der Waals surface area (Å²) in [6, 6.07) is 18.4. The topological polar surface area (TPSA) is 54.8 Å². The van der Waals surface area contributed by atoms with E-state index >= 15 is 0 Å². The quantitative estimate of drug-likeness (QED) is 0.323. The molecule has 3 aromatic carbocycles. The summed E-state index contributed by atoms with van der Waals surface area (Å²) >= 11 is 6.23. The second-order valence-corrected chi connectivity index (χ2v) is 8.31. The lowest BCUT2D eigenvalue weighted by atomic mass is 10.0. The van der Waals surface area contributed by atoms with E-state index in [1.807, 2.05) is 30.3 Å². The van der Waals surface area contributed by atoms with Gasteiger partial charge in [0.1, 0.15) is 17.3 Å². The molecular formula is C26H17ClFN5. The highest BCUT2D eigenvalue weighted by Gasteiger charge is 2.25. The van der Waals surface area contributed by atoms with Gasteiger partial charge in [0.05, 0.1) is 11.7 Å². The van der Waals surface area contributed by atoms with Crippen molar-refractivity contribution in [2.75, 3.05) is 11.4 Å². The van der Waals surface area contributed by atoms with Gasteiger partial charge in [-0.1, -0.05) is 29.8 Å². The number of fused-ring (bicyclic) bond motifs is 2. The van der Waals surface area contributed by atoms with Crippen LogP contribution < -0.4 is 4.90 Å². The summed E-state index contributed by atoms with van der Waals surface area (Å²) in [6.07, 6.45) is 5.79. The fraction of sp³-hybridized carbons (Fsp3) is 0.0769. The number of nitrogens with zero attached hydrogens (tertiary/aromatic N) is 5. The van der Waals surface area contributed by atoms with E-state index in [1.165, 1.54) is 17.7 Å². The van der Waals surface area contributed by atoms with Crippen LogP contribution in [0.1, 0.15) is 5.56 Å². The Morgan fingerprint density at radius 1 is 0.879 bits per heavy atom. The minimum atomic E-state index is -0.260. The minimum absolute atomic E-state index is 0.260. The summed E-state index contributed by atoms with van der Waals surface area (Å²) in [4.78, 5) is 20.5. The van der Waals surface area contributed by atoms with Crippen LogP contribution in [0.25, 0.3) is 33.5 Å². The number of aromatic nitrogens is 4. The molecule has 6 rings (SSSR count). The SMILES string of the molecule is Fc1ccc(-c2ccc3nc(-c4cnccn4)nc(N4CCc5cc(Cl)ccc54)c3c2)cc1. The molecule has 5 nitrogen and oxygen atoms in total. The Labute approximate surface area is 194 Å². The van der Waals surface area contributed by atoms with Gasteiger partial charge in [-0.05, 0) is 65.6 Å². The van der Waals surface area contributed by atoms with Crippen molar-refractivity contribution in [3.8, 4) is 22.6 Å². The van der Waals surface area contributed by atoms with Crippen molar-refractivity contribution in [3.63, 3.8) is 0 Å². The van der Waals surface area contributed by atoms with Crippen molar-refractivity contribution in [1.82, 2.24) is 19.9 Å². The molecule has 0 unspecified atom stereocenters. The molecule has 0 aliphatic carbocycles. The lowest BCUT2D eigenvalue weighted by Crippen LogP contribution is -2.16. The highest BCUT2D eigenvalue weighted by Crippen LogP contribution is 2.39. The predicted molar refractivity (Wildman–Crippen MR) is 128 cm³/mol. The number of rotatable bonds is 3. The van der Waals surface area contributed by atoms with Gasteiger partial charge in [-0.3, -0.25) is 4.98 Å². The summed E-state index contributed by atoms with van der Waals surface area (Å²) in [5.41, 5.74) is 5.57. The maximum Gasteiger partial charge on any atom is 0.182 e.